The molecule has 7 heteroatoms. The van der Waals surface area contributed by atoms with Gasteiger partial charge in [0.25, 0.3) is 0 Å². The van der Waals surface area contributed by atoms with Gasteiger partial charge in [0.15, 0.2) is 11.8 Å². The van der Waals surface area contributed by atoms with Crippen molar-refractivity contribution in [3.8, 4) is 0 Å². The third kappa shape index (κ3) is 2.77. The molecule has 1 N–H and O–H groups in total. The number of nitro groups is 1. The Bertz CT molecular complexity index is 232. The van der Waals surface area contributed by atoms with Gasteiger partial charge in [0.1, 0.15) is 32.3 Å². The molecule has 0 aromatic rings. The average molecular weight is 218 g/mol. The monoisotopic (exact) mass is 218 g/mol. The molecule has 0 bridgehead atoms. The van der Waals surface area contributed by atoms with E-state index in [2.05, 4.69) is 0 Å². The van der Waals surface area contributed by atoms with Gasteiger partial charge in [0.05, 0.1) is 13.2 Å². The molecular formula is C8H16N3O4+. The Balaban J connectivity index is 1.74. The first-order chi connectivity index (χ1) is 7.25. The Morgan fingerprint density at radius 1 is 1.47 bits per heavy atom. The van der Waals surface area contributed by atoms with Crippen LogP contribution in [0.5, 0.6) is 0 Å². The van der Waals surface area contributed by atoms with E-state index in [1.807, 2.05) is 0 Å². The van der Waals surface area contributed by atoms with E-state index in [1.165, 1.54) is 4.90 Å². The van der Waals surface area contributed by atoms with Gasteiger partial charge >= 0.3 is 0 Å². The lowest BCUT2D eigenvalue weighted by Gasteiger charge is -2.25. The fraction of sp³-hybridized carbons (Fsp3) is 1.00. The molecule has 86 valence electrons. The highest BCUT2D eigenvalue weighted by Crippen LogP contribution is 2.05. The summed E-state index contributed by atoms with van der Waals surface area (Å²) >= 11 is 0. The Kier molecular flexibility index (Phi) is 3.34. The van der Waals surface area contributed by atoms with Gasteiger partial charge in [-0.3, -0.25) is 0 Å². The molecule has 2 heterocycles. The first kappa shape index (κ1) is 10.6. The van der Waals surface area contributed by atoms with Crippen molar-refractivity contribution in [2.45, 2.75) is 6.10 Å². The summed E-state index contributed by atoms with van der Waals surface area (Å²) in [7, 11) is 0. The number of rotatable bonds is 3. The second-order valence-corrected chi connectivity index (χ2v) is 3.91. The van der Waals surface area contributed by atoms with Crippen LogP contribution in [0.1, 0.15) is 0 Å². The average Bonchev–Trinajstić information content (AvgIpc) is 2.68. The number of quaternary nitrogens is 1. The molecule has 0 amide bonds. The summed E-state index contributed by atoms with van der Waals surface area (Å²) in [6, 6.07) is 0. The Morgan fingerprint density at radius 2 is 2.20 bits per heavy atom. The molecule has 7 nitrogen and oxygen atoms in total. The molecule has 0 spiro atoms. The smallest absolute Gasteiger partial charge is 0.177 e. The zero-order chi connectivity index (χ0) is 10.7. The van der Waals surface area contributed by atoms with Crippen LogP contribution in [0, 0.1) is 10.1 Å². The van der Waals surface area contributed by atoms with Crippen molar-refractivity contribution in [3.63, 3.8) is 0 Å². The topological polar surface area (TPSA) is 69.3 Å². The number of nitrogens with one attached hydrogen (secondary N) is 1. The summed E-state index contributed by atoms with van der Waals surface area (Å²) in [4.78, 5) is 11.9. The number of morpholine rings is 1. The highest BCUT2D eigenvalue weighted by atomic mass is 16.7. The van der Waals surface area contributed by atoms with Crippen LogP contribution in [0.25, 0.3) is 0 Å². The summed E-state index contributed by atoms with van der Waals surface area (Å²) in [5, 5.41) is 11.2. The Hall–Kier alpha value is -0.920. The summed E-state index contributed by atoms with van der Waals surface area (Å²) in [5.41, 5.74) is 0. The van der Waals surface area contributed by atoms with Crippen LogP contribution in [0.3, 0.4) is 0 Å². The van der Waals surface area contributed by atoms with Crippen LogP contribution in [0.2, 0.25) is 0 Å². The molecular weight excluding hydrogens is 202 g/mol. The van der Waals surface area contributed by atoms with Crippen molar-refractivity contribution in [1.29, 1.82) is 0 Å². The molecule has 2 aliphatic heterocycles. The van der Waals surface area contributed by atoms with E-state index < -0.39 is 5.03 Å². The zero-order valence-electron chi connectivity index (χ0n) is 8.55. The second-order valence-electron chi connectivity index (χ2n) is 3.91. The third-order valence-electron chi connectivity index (χ3n) is 2.82. The van der Waals surface area contributed by atoms with E-state index in [4.69, 9.17) is 9.47 Å². The van der Waals surface area contributed by atoms with Crippen molar-refractivity contribution in [2.75, 3.05) is 46.1 Å². The second kappa shape index (κ2) is 4.73. The van der Waals surface area contributed by atoms with Crippen molar-refractivity contribution in [2.24, 2.45) is 0 Å². The maximum atomic E-state index is 10.5. The van der Waals surface area contributed by atoms with Gasteiger partial charge in [0.2, 0.25) is 0 Å². The molecule has 2 rings (SSSR count). The van der Waals surface area contributed by atoms with Gasteiger partial charge in [-0.15, -0.1) is 0 Å². The zero-order valence-corrected chi connectivity index (χ0v) is 8.55. The molecule has 2 fully saturated rings. The van der Waals surface area contributed by atoms with Crippen molar-refractivity contribution in [3.05, 3.63) is 10.1 Å². The normalized spacial score (nSPS) is 28.3. The van der Waals surface area contributed by atoms with Gasteiger partial charge in [-0.05, 0) is 0 Å². The Labute approximate surface area is 87.7 Å². The van der Waals surface area contributed by atoms with Crippen molar-refractivity contribution < 1.29 is 19.4 Å². The van der Waals surface area contributed by atoms with Crippen LogP contribution in [-0.4, -0.2) is 62.3 Å². The lowest BCUT2D eigenvalue weighted by atomic mass is 10.3. The lowest BCUT2D eigenvalue weighted by Crippen LogP contribution is -3.15. The largest absolute Gasteiger partial charge is 0.370 e. The fourth-order valence-corrected chi connectivity index (χ4v) is 1.96. The number of hydrogen-bond donors (Lipinski definition) is 1. The van der Waals surface area contributed by atoms with Gasteiger partial charge in [-0.25, -0.2) is 10.1 Å². The van der Waals surface area contributed by atoms with Crippen LogP contribution >= 0.6 is 0 Å². The molecule has 15 heavy (non-hydrogen) atoms. The van der Waals surface area contributed by atoms with E-state index in [0.717, 1.165) is 37.9 Å². The van der Waals surface area contributed by atoms with Crippen LogP contribution in [0.15, 0.2) is 0 Å². The van der Waals surface area contributed by atoms with Gasteiger partial charge < -0.3 is 14.4 Å². The number of hydrazine groups is 1. The van der Waals surface area contributed by atoms with Crippen molar-refractivity contribution in [1.82, 2.24) is 5.01 Å². The van der Waals surface area contributed by atoms with Gasteiger partial charge in [-0.1, -0.05) is 5.01 Å². The lowest BCUT2D eigenvalue weighted by molar-refractivity contribution is -0.910. The summed E-state index contributed by atoms with van der Waals surface area (Å²) in [5.74, 6) is 0. The summed E-state index contributed by atoms with van der Waals surface area (Å²) < 4.78 is 10.6. The van der Waals surface area contributed by atoms with Crippen LogP contribution < -0.4 is 4.90 Å². The standard InChI is InChI=1S/C8H15N3O4/c12-11(13)10-6-8(15-7-10)5-9-1-3-14-4-2-9/h8H,1-7H2/p+1/t8-/m1/s1. The molecule has 0 radical (unpaired) electrons. The van der Waals surface area contributed by atoms with E-state index in [9.17, 15) is 10.1 Å². The van der Waals surface area contributed by atoms with Crippen LogP contribution in [-0.2, 0) is 9.47 Å². The van der Waals surface area contributed by atoms with E-state index >= 15 is 0 Å². The van der Waals surface area contributed by atoms with Gasteiger partial charge in [-0.2, -0.15) is 0 Å². The van der Waals surface area contributed by atoms with Crippen molar-refractivity contribution >= 4 is 0 Å². The maximum absolute atomic E-state index is 10.5. The minimum absolute atomic E-state index is 0.0106. The predicted octanol–water partition coefficient (Wildman–Crippen LogP) is -2.25. The molecule has 1 atom stereocenters. The van der Waals surface area contributed by atoms with E-state index in [-0.39, 0.29) is 12.8 Å². The minimum atomic E-state index is -0.394. The molecule has 2 aliphatic rings. The molecule has 0 aromatic heterocycles. The van der Waals surface area contributed by atoms with E-state index in [0.29, 0.717) is 6.54 Å². The first-order valence-electron chi connectivity index (χ1n) is 5.18. The van der Waals surface area contributed by atoms with E-state index in [1.54, 1.807) is 0 Å². The van der Waals surface area contributed by atoms with Crippen LogP contribution in [0.4, 0.5) is 0 Å². The molecule has 2 saturated heterocycles. The minimum Gasteiger partial charge on any atom is -0.370 e. The quantitative estimate of drug-likeness (QED) is 0.428. The number of nitrogens with zero attached hydrogens (tertiary/aromatic N) is 2. The highest BCUT2D eigenvalue weighted by Gasteiger charge is 2.32. The van der Waals surface area contributed by atoms with Gasteiger partial charge in [0, 0.05) is 0 Å². The number of ether oxygens (including phenoxy) is 2. The first-order valence-corrected chi connectivity index (χ1v) is 5.18. The molecule has 0 saturated carbocycles. The Morgan fingerprint density at radius 3 is 2.80 bits per heavy atom. The maximum Gasteiger partial charge on any atom is 0.177 e. The predicted molar refractivity (Wildman–Crippen MR) is 49.8 cm³/mol. The summed E-state index contributed by atoms with van der Waals surface area (Å²) in [6.45, 7) is 4.85. The molecule has 0 aromatic carbocycles. The third-order valence-corrected chi connectivity index (χ3v) is 2.82. The SMILES string of the molecule is O=[N+]([O-])N1CO[C@H](C[NH+]2CCOCC2)C1. The summed E-state index contributed by atoms with van der Waals surface area (Å²) in [6.07, 6.45) is -0.0106. The highest BCUT2D eigenvalue weighted by molar-refractivity contribution is 4.64. The number of hydrogen-bond acceptors (Lipinski definition) is 4. The fourth-order valence-electron chi connectivity index (χ4n) is 1.96. The molecule has 0 aliphatic carbocycles. The molecule has 0 unspecified atom stereocenters.